The number of nitrogens with zero attached hydrogens (tertiary/aromatic N) is 3. The normalized spacial score (nSPS) is 19.0. The number of hydrogen-bond donors (Lipinski definition) is 1. The Morgan fingerprint density at radius 3 is 2.88 bits per heavy atom. The van der Waals surface area contributed by atoms with Crippen molar-refractivity contribution in [2.75, 3.05) is 19.3 Å². The predicted octanol–water partition coefficient (Wildman–Crippen LogP) is 1.72. The van der Waals surface area contributed by atoms with Gasteiger partial charge >= 0.3 is 0 Å². The molecular formula is C17H23FN4O3S. The smallest absolute Gasteiger partial charge is 0.274 e. The van der Waals surface area contributed by atoms with Crippen molar-refractivity contribution in [2.24, 2.45) is 0 Å². The standard InChI is InChI=1S/C17H23FN4O3S/c1-12-6-7-14-20-15(16(18)21(14)11-12)17(23)19-9-8-13-5-3-4-10-22(13)26(2,24)25/h6-7,11,13H,3-5,8-10H2,1-2H3,(H,19,23)/t13-/m1/s1. The lowest BCUT2D eigenvalue weighted by atomic mass is 10.0. The van der Waals surface area contributed by atoms with Gasteiger partial charge in [-0.25, -0.2) is 13.4 Å². The second kappa shape index (κ2) is 7.32. The van der Waals surface area contributed by atoms with Crippen molar-refractivity contribution < 1.29 is 17.6 Å². The molecule has 1 N–H and O–H groups in total. The molecule has 142 valence electrons. The highest BCUT2D eigenvalue weighted by Crippen LogP contribution is 2.22. The van der Waals surface area contributed by atoms with Gasteiger partial charge < -0.3 is 5.32 Å². The molecule has 2 aromatic rings. The molecule has 1 saturated heterocycles. The number of amides is 1. The maximum absolute atomic E-state index is 14.4. The Balaban J connectivity index is 1.65. The van der Waals surface area contributed by atoms with Crippen molar-refractivity contribution >= 4 is 21.6 Å². The number of sulfonamides is 1. The number of fused-ring (bicyclic) bond motifs is 1. The van der Waals surface area contributed by atoms with E-state index in [9.17, 15) is 17.6 Å². The van der Waals surface area contributed by atoms with Crippen molar-refractivity contribution in [3.8, 4) is 0 Å². The Bertz CT molecular complexity index is 925. The van der Waals surface area contributed by atoms with Crippen LogP contribution in [0.25, 0.3) is 5.65 Å². The van der Waals surface area contributed by atoms with Gasteiger partial charge in [-0.2, -0.15) is 8.70 Å². The van der Waals surface area contributed by atoms with Crippen molar-refractivity contribution in [1.82, 2.24) is 19.0 Å². The summed E-state index contributed by atoms with van der Waals surface area (Å²) < 4.78 is 40.9. The summed E-state index contributed by atoms with van der Waals surface area (Å²) in [6, 6.07) is 3.32. The van der Waals surface area contributed by atoms with Gasteiger partial charge in [0.2, 0.25) is 16.0 Å². The number of pyridine rings is 1. The largest absolute Gasteiger partial charge is 0.350 e. The van der Waals surface area contributed by atoms with E-state index in [-0.39, 0.29) is 18.3 Å². The molecule has 0 bridgehead atoms. The average molecular weight is 382 g/mol. The molecule has 3 heterocycles. The van der Waals surface area contributed by atoms with Crippen molar-refractivity contribution in [3.05, 3.63) is 35.5 Å². The summed E-state index contributed by atoms with van der Waals surface area (Å²) in [6.45, 7) is 2.61. The molecule has 1 atom stereocenters. The number of aromatic nitrogens is 2. The number of halogens is 1. The summed E-state index contributed by atoms with van der Waals surface area (Å²) in [5.74, 6) is -1.29. The molecule has 3 rings (SSSR count). The molecule has 0 unspecified atom stereocenters. The zero-order chi connectivity index (χ0) is 18.9. The molecule has 7 nitrogen and oxygen atoms in total. The first kappa shape index (κ1) is 18.8. The molecule has 0 spiro atoms. The number of aryl methyl sites for hydroxylation is 1. The monoisotopic (exact) mass is 382 g/mol. The Labute approximate surface area is 152 Å². The molecule has 2 aromatic heterocycles. The van der Waals surface area contributed by atoms with Gasteiger partial charge in [0.25, 0.3) is 5.91 Å². The van der Waals surface area contributed by atoms with Crippen LogP contribution < -0.4 is 5.32 Å². The minimum atomic E-state index is -3.26. The molecule has 0 aromatic carbocycles. The number of hydrogen-bond acceptors (Lipinski definition) is 4. The van der Waals surface area contributed by atoms with Gasteiger partial charge in [0.1, 0.15) is 5.65 Å². The van der Waals surface area contributed by atoms with Crippen LogP contribution in [0.2, 0.25) is 0 Å². The zero-order valence-corrected chi connectivity index (χ0v) is 15.7. The molecule has 1 aliphatic rings. The summed E-state index contributed by atoms with van der Waals surface area (Å²) in [5.41, 5.74) is 0.979. The molecule has 26 heavy (non-hydrogen) atoms. The third-order valence-corrected chi connectivity index (χ3v) is 6.02. The molecule has 0 radical (unpaired) electrons. The average Bonchev–Trinajstić information content (AvgIpc) is 2.91. The Hall–Kier alpha value is -2.00. The molecule has 1 aliphatic heterocycles. The van der Waals surface area contributed by atoms with Crippen LogP contribution in [-0.4, -0.2) is 53.4 Å². The van der Waals surface area contributed by atoms with E-state index in [1.807, 2.05) is 6.92 Å². The lowest BCUT2D eigenvalue weighted by Gasteiger charge is -2.33. The first-order valence-corrected chi connectivity index (χ1v) is 10.5. The highest BCUT2D eigenvalue weighted by molar-refractivity contribution is 7.88. The minimum Gasteiger partial charge on any atom is -0.350 e. The predicted molar refractivity (Wildman–Crippen MR) is 96.0 cm³/mol. The summed E-state index contributed by atoms with van der Waals surface area (Å²) in [6.07, 6.45) is 5.86. The Morgan fingerprint density at radius 2 is 2.15 bits per heavy atom. The lowest BCUT2D eigenvalue weighted by Crippen LogP contribution is -2.44. The number of piperidine rings is 1. The topological polar surface area (TPSA) is 83.8 Å². The van der Waals surface area contributed by atoms with Crippen LogP contribution >= 0.6 is 0 Å². The fourth-order valence-electron chi connectivity index (χ4n) is 3.40. The third kappa shape index (κ3) is 3.88. The quantitative estimate of drug-likeness (QED) is 0.853. The second-order valence-corrected chi connectivity index (χ2v) is 8.69. The van der Waals surface area contributed by atoms with Gasteiger partial charge in [0, 0.05) is 25.3 Å². The number of carbonyl (C=O) groups is 1. The fourth-order valence-corrected chi connectivity index (χ4v) is 4.61. The van der Waals surface area contributed by atoms with Crippen molar-refractivity contribution in [2.45, 2.75) is 38.6 Å². The van der Waals surface area contributed by atoms with E-state index in [0.717, 1.165) is 24.8 Å². The van der Waals surface area contributed by atoms with Crippen LogP contribution in [0, 0.1) is 12.9 Å². The highest BCUT2D eigenvalue weighted by atomic mass is 32.2. The number of carbonyl (C=O) groups excluding carboxylic acids is 1. The summed E-state index contributed by atoms with van der Waals surface area (Å²) in [7, 11) is -3.26. The summed E-state index contributed by atoms with van der Waals surface area (Å²) in [4.78, 5) is 16.3. The lowest BCUT2D eigenvalue weighted by molar-refractivity contribution is 0.0940. The van der Waals surface area contributed by atoms with E-state index >= 15 is 0 Å². The van der Waals surface area contributed by atoms with Gasteiger partial charge in [-0.1, -0.05) is 12.5 Å². The number of rotatable bonds is 5. The zero-order valence-electron chi connectivity index (χ0n) is 14.9. The van der Waals surface area contributed by atoms with Crippen LogP contribution in [0.1, 0.15) is 41.7 Å². The van der Waals surface area contributed by atoms with E-state index in [1.54, 1.807) is 18.3 Å². The highest BCUT2D eigenvalue weighted by Gasteiger charge is 2.29. The first-order valence-electron chi connectivity index (χ1n) is 8.66. The molecule has 1 fully saturated rings. The van der Waals surface area contributed by atoms with Gasteiger partial charge in [0.15, 0.2) is 5.69 Å². The maximum Gasteiger partial charge on any atom is 0.274 e. The van der Waals surface area contributed by atoms with E-state index < -0.39 is 21.9 Å². The van der Waals surface area contributed by atoms with Crippen molar-refractivity contribution in [1.29, 1.82) is 0 Å². The first-order chi connectivity index (χ1) is 12.3. The molecule has 9 heteroatoms. The van der Waals surface area contributed by atoms with Gasteiger partial charge in [-0.05, 0) is 37.8 Å². The van der Waals surface area contributed by atoms with E-state index in [4.69, 9.17) is 0 Å². The Kier molecular flexibility index (Phi) is 5.29. The fraction of sp³-hybridized carbons (Fsp3) is 0.529. The van der Waals surface area contributed by atoms with Gasteiger partial charge in [-0.15, -0.1) is 0 Å². The van der Waals surface area contributed by atoms with E-state index in [2.05, 4.69) is 10.3 Å². The molecular weight excluding hydrogens is 359 g/mol. The van der Waals surface area contributed by atoms with Crippen molar-refractivity contribution in [3.63, 3.8) is 0 Å². The molecule has 0 saturated carbocycles. The third-order valence-electron chi connectivity index (χ3n) is 4.69. The maximum atomic E-state index is 14.4. The molecule has 1 amide bonds. The molecule has 0 aliphatic carbocycles. The van der Waals surface area contributed by atoms with Crippen LogP contribution in [0.5, 0.6) is 0 Å². The number of nitrogens with one attached hydrogen (secondary N) is 1. The summed E-state index contributed by atoms with van der Waals surface area (Å²) >= 11 is 0. The van der Waals surface area contributed by atoms with E-state index in [0.29, 0.717) is 18.6 Å². The van der Waals surface area contributed by atoms with Crippen LogP contribution in [0.3, 0.4) is 0 Å². The van der Waals surface area contributed by atoms with E-state index in [1.165, 1.54) is 15.0 Å². The summed E-state index contributed by atoms with van der Waals surface area (Å²) in [5, 5.41) is 2.66. The van der Waals surface area contributed by atoms with Crippen LogP contribution in [-0.2, 0) is 10.0 Å². The van der Waals surface area contributed by atoms with Gasteiger partial charge in [0.05, 0.1) is 6.26 Å². The minimum absolute atomic E-state index is 0.132. The van der Waals surface area contributed by atoms with Crippen LogP contribution in [0.4, 0.5) is 4.39 Å². The Morgan fingerprint density at radius 1 is 1.38 bits per heavy atom. The second-order valence-electron chi connectivity index (χ2n) is 6.75. The SMILES string of the molecule is Cc1ccc2nc(C(=O)NCC[C@H]3CCCCN3S(C)(=O)=O)c(F)n2c1. The van der Waals surface area contributed by atoms with Crippen LogP contribution in [0.15, 0.2) is 18.3 Å². The van der Waals surface area contributed by atoms with Gasteiger partial charge in [-0.3, -0.25) is 9.20 Å². The number of imidazole rings is 1.